The minimum Gasteiger partial charge on any atom is -0.397 e. The number of rotatable bonds is 2. The number of hydrogen-bond acceptors (Lipinski definition) is 2. The average Bonchev–Trinajstić information content (AvgIpc) is 2.49. The van der Waals surface area contributed by atoms with Crippen molar-refractivity contribution >= 4 is 44.0 Å². The third kappa shape index (κ3) is 2.90. The summed E-state index contributed by atoms with van der Waals surface area (Å²) in [7, 11) is 0. The SMILES string of the molecule is Nc1ccccc1NC(=O)c1ccc2cc(Br)ccc2c1. The quantitative estimate of drug-likeness (QED) is 0.677. The summed E-state index contributed by atoms with van der Waals surface area (Å²) in [6.45, 7) is 0. The number of halogens is 1. The number of hydrogen-bond donors (Lipinski definition) is 2. The molecule has 0 saturated heterocycles. The zero-order chi connectivity index (χ0) is 14.8. The Morgan fingerprint density at radius 1 is 0.952 bits per heavy atom. The van der Waals surface area contributed by atoms with Crippen LogP contribution in [-0.2, 0) is 0 Å². The molecule has 0 aromatic heterocycles. The second-order valence-electron chi connectivity index (χ2n) is 4.75. The lowest BCUT2D eigenvalue weighted by Crippen LogP contribution is -2.13. The van der Waals surface area contributed by atoms with Crippen LogP contribution in [0.4, 0.5) is 11.4 Å². The van der Waals surface area contributed by atoms with Gasteiger partial charge in [-0.1, -0.05) is 40.2 Å². The molecule has 0 aliphatic heterocycles. The summed E-state index contributed by atoms with van der Waals surface area (Å²) in [5, 5.41) is 4.93. The van der Waals surface area contributed by atoms with Gasteiger partial charge in [0.2, 0.25) is 0 Å². The Kier molecular flexibility index (Phi) is 3.62. The van der Waals surface area contributed by atoms with Gasteiger partial charge in [-0.3, -0.25) is 4.79 Å². The van der Waals surface area contributed by atoms with E-state index in [2.05, 4.69) is 21.2 Å². The van der Waals surface area contributed by atoms with Crippen LogP contribution in [0.1, 0.15) is 10.4 Å². The molecule has 0 aliphatic rings. The maximum absolute atomic E-state index is 12.3. The summed E-state index contributed by atoms with van der Waals surface area (Å²) in [6, 6.07) is 18.8. The van der Waals surface area contributed by atoms with E-state index in [0.29, 0.717) is 16.9 Å². The molecule has 1 amide bonds. The molecule has 0 bridgehead atoms. The number of nitrogens with one attached hydrogen (secondary N) is 1. The van der Waals surface area contributed by atoms with Crippen LogP contribution in [0.25, 0.3) is 10.8 Å². The van der Waals surface area contributed by atoms with Gasteiger partial charge in [0.05, 0.1) is 11.4 Å². The van der Waals surface area contributed by atoms with Gasteiger partial charge in [-0.15, -0.1) is 0 Å². The Labute approximate surface area is 130 Å². The number of anilines is 2. The Hall–Kier alpha value is -2.33. The molecular weight excluding hydrogens is 328 g/mol. The van der Waals surface area contributed by atoms with E-state index in [4.69, 9.17) is 5.73 Å². The van der Waals surface area contributed by atoms with E-state index >= 15 is 0 Å². The van der Waals surface area contributed by atoms with Gasteiger partial charge in [-0.05, 0) is 47.2 Å². The van der Waals surface area contributed by atoms with Crippen molar-refractivity contribution in [3.63, 3.8) is 0 Å². The maximum Gasteiger partial charge on any atom is 0.255 e. The monoisotopic (exact) mass is 340 g/mol. The van der Waals surface area contributed by atoms with Crippen molar-refractivity contribution < 1.29 is 4.79 Å². The summed E-state index contributed by atoms with van der Waals surface area (Å²) in [4.78, 5) is 12.3. The summed E-state index contributed by atoms with van der Waals surface area (Å²) in [6.07, 6.45) is 0. The molecule has 0 radical (unpaired) electrons. The summed E-state index contributed by atoms with van der Waals surface area (Å²) in [5.41, 5.74) is 7.61. The van der Waals surface area contributed by atoms with Gasteiger partial charge >= 0.3 is 0 Å². The van der Waals surface area contributed by atoms with E-state index < -0.39 is 0 Å². The minimum atomic E-state index is -0.169. The van der Waals surface area contributed by atoms with Crippen LogP contribution in [0.3, 0.4) is 0 Å². The predicted octanol–water partition coefficient (Wildman–Crippen LogP) is 4.44. The van der Waals surface area contributed by atoms with E-state index in [-0.39, 0.29) is 5.91 Å². The third-order valence-electron chi connectivity index (χ3n) is 3.27. The van der Waals surface area contributed by atoms with Gasteiger partial charge in [0.1, 0.15) is 0 Å². The number of nitrogens with two attached hydrogens (primary N) is 1. The molecule has 3 rings (SSSR count). The molecule has 104 valence electrons. The molecule has 3 N–H and O–H groups in total. The number of fused-ring (bicyclic) bond motifs is 1. The molecule has 0 aliphatic carbocycles. The standard InChI is InChI=1S/C17H13BrN2O/c18-14-8-7-11-9-13(6-5-12(11)10-14)17(21)20-16-4-2-1-3-15(16)19/h1-10H,19H2,(H,20,21). The second-order valence-corrected chi connectivity index (χ2v) is 5.66. The Bertz CT molecular complexity index is 830. The van der Waals surface area contributed by atoms with Crippen molar-refractivity contribution in [3.8, 4) is 0 Å². The van der Waals surface area contributed by atoms with E-state index in [0.717, 1.165) is 15.2 Å². The van der Waals surface area contributed by atoms with E-state index in [1.165, 1.54) is 0 Å². The number of nitrogen functional groups attached to an aromatic ring is 1. The summed E-state index contributed by atoms with van der Waals surface area (Å²) < 4.78 is 1.02. The highest BCUT2D eigenvalue weighted by molar-refractivity contribution is 9.10. The smallest absolute Gasteiger partial charge is 0.255 e. The zero-order valence-corrected chi connectivity index (χ0v) is 12.7. The Balaban J connectivity index is 1.91. The maximum atomic E-state index is 12.3. The van der Waals surface area contributed by atoms with Gasteiger partial charge in [-0.25, -0.2) is 0 Å². The van der Waals surface area contributed by atoms with Gasteiger partial charge in [0, 0.05) is 10.0 Å². The number of benzene rings is 3. The van der Waals surface area contributed by atoms with E-state index in [1.54, 1.807) is 12.1 Å². The number of para-hydroxylation sites is 2. The lowest BCUT2D eigenvalue weighted by atomic mass is 10.1. The fraction of sp³-hybridized carbons (Fsp3) is 0. The highest BCUT2D eigenvalue weighted by Crippen LogP contribution is 2.22. The normalized spacial score (nSPS) is 10.5. The lowest BCUT2D eigenvalue weighted by molar-refractivity contribution is 0.102. The van der Waals surface area contributed by atoms with Crippen molar-refractivity contribution in [1.82, 2.24) is 0 Å². The molecule has 0 fully saturated rings. The second kappa shape index (κ2) is 5.58. The molecule has 3 aromatic rings. The molecule has 0 spiro atoms. The highest BCUT2D eigenvalue weighted by atomic mass is 79.9. The fourth-order valence-corrected chi connectivity index (χ4v) is 2.54. The zero-order valence-electron chi connectivity index (χ0n) is 11.1. The number of carbonyl (C=O) groups excluding carboxylic acids is 1. The molecule has 0 unspecified atom stereocenters. The minimum absolute atomic E-state index is 0.169. The molecule has 3 nitrogen and oxygen atoms in total. The van der Waals surface area contributed by atoms with Crippen molar-refractivity contribution in [2.45, 2.75) is 0 Å². The van der Waals surface area contributed by atoms with Gasteiger partial charge in [0.15, 0.2) is 0 Å². The summed E-state index contributed by atoms with van der Waals surface area (Å²) >= 11 is 3.44. The molecule has 0 saturated carbocycles. The van der Waals surface area contributed by atoms with Crippen LogP contribution in [0.15, 0.2) is 65.1 Å². The first kappa shape index (κ1) is 13.6. The highest BCUT2D eigenvalue weighted by Gasteiger charge is 2.08. The van der Waals surface area contributed by atoms with Gasteiger partial charge in [0.25, 0.3) is 5.91 Å². The molecular formula is C17H13BrN2O. The van der Waals surface area contributed by atoms with Gasteiger partial charge in [-0.2, -0.15) is 0 Å². The lowest BCUT2D eigenvalue weighted by Gasteiger charge is -2.08. The first-order chi connectivity index (χ1) is 10.1. The molecule has 4 heteroatoms. The van der Waals surface area contributed by atoms with Crippen LogP contribution >= 0.6 is 15.9 Å². The van der Waals surface area contributed by atoms with Crippen molar-refractivity contribution in [1.29, 1.82) is 0 Å². The largest absolute Gasteiger partial charge is 0.397 e. The molecule has 0 heterocycles. The molecule has 0 atom stereocenters. The van der Waals surface area contributed by atoms with Crippen LogP contribution in [-0.4, -0.2) is 5.91 Å². The van der Waals surface area contributed by atoms with Crippen molar-refractivity contribution in [2.24, 2.45) is 0 Å². The van der Waals surface area contributed by atoms with Gasteiger partial charge < -0.3 is 11.1 Å². The third-order valence-corrected chi connectivity index (χ3v) is 3.77. The fourth-order valence-electron chi connectivity index (χ4n) is 2.16. The van der Waals surface area contributed by atoms with Crippen LogP contribution in [0, 0.1) is 0 Å². The number of amides is 1. The van der Waals surface area contributed by atoms with Crippen LogP contribution < -0.4 is 11.1 Å². The Morgan fingerprint density at radius 3 is 2.48 bits per heavy atom. The summed E-state index contributed by atoms with van der Waals surface area (Å²) in [5.74, 6) is -0.169. The first-order valence-corrected chi connectivity index (χ1v) is 7.28. The van der Waals surface area contributed by atoms with Crippen LogP contribution in [0.2, 0.25) is 0 Å². The molecule has 3 aromatic carbocycles. The van der Waals surface area contributed by atoms with Crippen molar-refractivity contribution in [3.05, 3.63) is 70.7 Å². The average molecular weight is 341 g/mol. The molecule has 21 heavy (non-hydrogen) atoms. The Morgan fingerprint density at radius 2 is 1.67 bits per heavy atom. The van der Waals surface area contributed by atoms with E-state index in [1.807, 2.05) is 48.5 Å². The van der Waals surface area contributed by atoms with Crippen molar-refractivity contribution in [2.75, 3.05) is 11.1 Å². The topological polar surface area (TPSA) is 55.1 Å². The van der Waals surface area contributed by atoms with Crippen LogP contribution in [0.5, 0.6) is 0 Å². The van der Waals surface area contributed by atoms with E-state index in [9.17, 15) is 4.79 Å². The predicted molar refractivity (Wildman–Crippen MR) is 90.5 cm³/mol. The number of carbonyl (C=O) groups is 1. The first-order valence-electron chi connectivity index (χ1n) is 6.49.